The van der Waals surface area contributed by atoms with Gasteiger partial charge in [-0.15, -0.1) is 0 Å². The van der Waals surface area contributed by atoms with E-state index in [1.54, 1.807) is 0 Å². The summed E-state index contributed by atoms with van der Waals surface area (Å²) in [6, 6.07) is 16.3. The lowest BCUT2D eigenvalue weighted by Gasteiger charge is -2.34. The third-order valence-electron chi connectivity index (χ3n) is 3.79. The second-order valence-corrected chi connectivity index (χ2v) is 5.13. The van der Waals surface area contributed by atoms with Gasteiger partial charge in [0.05, 0.1) is 11.4 Å². The van der Waals surface area contributed by atoms with E-state index in [9.17, 15) is 0 Å². The maximum absolute atomic E-state index is 6.00. The lowest BCUT2D eigenvalue weighted by atomic mass is 10.1. The van der Waals surface area contributed by atoms with Crippen molar-refractivity contribution in [3.8, 4) is 11.5 Å². The number of hydrogen-bond acceptors (Lipinski definition) is 3. The second-order valence-electron chi connectivity index (χ2n) is 5.13. The number of para-hydroxylation sites is 4. The van der Waals surface area contributed by atoms with E-state index in [0.29, 0.717) is 0 Å². The molecule has 0 amide bonds. The fourth-order valence-electron chi connectivity index (χ4n) is 2.85. The van der Waals surface area contributed by atoms with Crippen LogP contribution in [0.2, 0.25) is 0 Å². The van der Waals surface area contributed by atoms with Crippen LogP contribution >= 0.6 is 0 Å². The number of anilines is 2. The van der Waals surface area contributed by atoms with Crippen LogP contribution in [0.5, 0.6) is 11.5 Å². The first-order chi connectivity index (χ1) is 9.93. The Balaban J connectivity index is 1.90. The first-order valence-electron chi connectivity index (χ1n) is 7.13. The highest BCUT2D eigenvalue weighted by atomic mass is 16.5. The van der Waals surface area contributed by atoms with Crippen molar-refractivity contribution in [1.29, 1.82) is 0 Å². The Bertz CT molecular complexity index is 633. The van der Waals surface area contributed by atoms with E-state index in [0.717, 1.165) is 41.7 Å². The quantitative estimate of drug-likeness (QED) is 0.699. The Labute approximate surface area is 118 Å². The molecule has 0 radical (unpaired) electrons. The van der Waals surface area contributed by atoms with Gasteiger partial charge >= 0.3 is 0 Å². The van der Waals surface area contributed by atoms with Gasteiger partial charge in [0, 0.05) is 13.0 Å². The molecule has 0 aromatic heterocycles. The molecule has 100 valence electrons. The monoisotopic (exact) mass is 264 g/mol. The third kappa shape index (κ3) is 1.78. The van der Waals surface area contributed by atoms with Crippen LogP contribution < -0.4 is 9.64 Å². The molecule has 0 fully saturated rings. The summed E-state index contributed by atoms with van der Waals surface area (Å²) >= 11 is 0. The maximum atomic E-state index is 6.00. The molecule has 0 atom stereocenters. The van der Waals surface area contributed by atoms with E-state index >= 15 is 0 Å². The number of nitrogens with zero attached hydrogens (tertiary/aromatic N) is 2. The third-order valence-corrected chi connectivity index (χ3v) is 3.79. The van der Waals surface area contributed by atoms with Gasteiger partial charge in [-0.3, -0.25) is 9.89 Å². The van der Waals surface area contributed by atoms with Gasteiger partial charge in [-0.05, 0) is 37.1 Å². The average molecular weight is 264 g/mol. The van der Waals surface area contributed by atoms with Crippen molar-refractivity contribution in [2.24, 2.45) is 4.99 Å². The Morgan fingerprint density at radius 3 is 2.10 bits per heavy atom. The van der Waals surface area contributed by atoms with Gasteiger partial charge in [-0.1, -0.05) is 24.3 Å². The molecule has 3 nitrogen and oxygen atoms in total. The van der Waals surface area contributed by atoms with Gasteiger partial charge in [-0.2, -0.15) is 0 Å². The second kappa shape index (κ2) is 4.67. The van der Waals surface area contributed by atoms with Gasteiger partial charge < -0.3 is 4.74 Å². The number of hydrogen-bond donors (Lipinski definition) is 0. The SMILES string of the molecule is c1ccc2c(c1)Oc1ccccc1N2C1=NCCCC1. The van der Waals surface area contributed by atoms with Gasteiger partial charge in [0.1, 0.15) is 5.84 Å². The first kappa shape index (κ1) is 11.5. The van der Waals surface area contributed by atoms with Crippen LogP contribution in [-0.4, -0.2) is 12.4 Å². The summed E-state index contributed by atoms with van der Waals surface area (Å²) in [5.74, 6) is 2.96. The van der Waals surface area contributed by atoms with Crippen molar-refractivity contribution < 1.29 is 4.74 Å². The molecule has 4 rings (SSSR count). The van der Waals surface area contributed by atoms with Crippen LogP contribution in [0.15, 0.2) is 53.5 Å². The Kier molecular flexibility index (Phi) is 2.69. The first-order valence-corrected chi connectivity index (χ1v) is 7.13. The summed E-state index contributed by atoms with van der Waals surface area (Å²) in [4.78, 5) is 7.00. The fourth-order valence-corrected chi connectivity index (χ4v) is 2.85. The molecule has 2 aliphatic heterocycles. The van der Waals surface area contributed by atoms with Crippen molar-refractivity contribution in [3.63, 3.8) is 0 Å². The van der Waals surface area contributed by atoms with E-state index in [1.807, 2.05) is 36.4 Å². The normalized spacial score (nSPS) is 16.8. The zero-order valence-corrected chi connectivity index (χ0v) is 11.2. The minimum atomic E-state index is 0.902. The number of benzene rings is 2. The Morgan fingerprint density at radius 1 is 0.850 bits per heavy atom. The van der Waals surface area contributed by atoms with Crippen molar-refractivity contribution >= 4 is 17.2 Å². The summed E-state index contributed by atoms with van der Waals surface area (Å²) < 4.78 is 6.00. The van der Waals surface area contributed by atoms with Crippen LogP contribution in [0.1, 0.15) is 19.3 Å². The molecule has 0 unspecified atom stereocenters. The minimum absolute atomic E-state index is 0.902. The molecule has 3 heteroatoms. The van der Waals surface area contributed by atoms with Crippen molar-refractivity contribution in [1.82, 2.24) is 0 Å². The molecule has 0 N–H and O–H groups in total. The summed E-state index contributed by atoms with van der Waals surface area (Å²) in [5, 5.41) is 0. The highest BCUT2D eigenvalue weighted by Gasteiger charge is 2.27. The largest absolute Gasteiger partial charge is 0.453 e. The molecule has 2 heterocycles. The zero-order valence-electron chi connectivity index (χ0n) is 11.2. The number of aliphatic imine (C=N–C) groups is 1. The summed E-state index contributed by atoms with van der Waals surface area (Å²) in [5.41, 5.74) is 2.18. The van der Waals surface area contributed by atoms with E-state index < -0.39 is 0 Å². The predicted molar refractivity (Wildman–Crippen MR) is 81.3 cm³/mol. The molecular weight excluding hydrogens is 248 g/mol. The van der Waals surface area contributed by atoms with E-state index in [2.05, 4.69) is 17.0 Å². The smallest absolute Gasteiger partial charge is 0.151 e. The topological polar surface area (TPSA) is 24.8 Å². The number of fused-ring (bicyclic) bond motifs is 2. The highest BCUT2D eigenvalue weighted by molar-refractivity contribution is 6.07. The van der Waals surface area contributed by atoms with Crippen LogP contribution in [0.25, 0.3) is 0 Å². The molecule has 2 aromatic rings. The molecule has 0 aliphatic carbocycles. The predicted octanol–water partition coefficient (Wildman–Crippen LogP) is 4.51. The molecule has 0 saturated heterocycles. The van der Waals surface area contributed by atoms with Crippen molar-refractivity contribution in [2.45, 2.75) is 19.3 Å². The molecule has 20 heavy (non-hydrogen) atoms. The van der Waals surface area contributed by atoms with Gasteiger partial charge in [0.2, 0.25) is 0 Å². The summed E-state index contributed by atoms with van der Waals surface area (Å²) in [6.07, 6.45) is 3.43. The van der Waals surface area contributed by atoms with Crippen molar-refractivity contribution in [2.75, 3.05) is 11.4 Å². The van der Waals surface area contributed by atoms with Gasteiger partial charge in [0.15, 0.2) is 11.5 Å². The molecule has 0 spiro atoms. The molecular formula is C17H16N2O. The van der Waals surface area contributed by atoms with Crippen LogP contribution in [0, 0.1) is 0 Å². The number of rotatable bonds is 0. The summed E-state index contributed by atoms with van der Waals surface area (Å²) in [7, 11) is 0. The van der Waals surface area contributed by atoms with Crippen LogP contribution in [0.4, 0.5) is 11.4 Å². The summed E-state index contributed by atoms with van der Waals surface area (Å²) in [6.45, 7) is 0.928. The lowest BCUT2D eigenvalue weighted by Crippen LogP contribution is -2.30. The zero-order chi connectivity index (χ0) is 13.4. The molecule has 2 aromatic carbocycles. The fraction of sp³-hybridized carbons (Fsp3) is 0.235. The van der Waals surface area contributed by atoms with Crippen LogP contribution in [0.3, 0.4) is 0 Å². The molecule has 0 bridgehead atoms. The lowest BCUT2D eigenvalue weighted by molar-refractivity contribution is 0.477. The van der Waals surface area contributed by atoms with Gasteiger partial charge in [-0.25, -0.2) is 0 Å². The maximum Gasteiger partial charge on any atom is 0.151 e. The number of ether oxygens (including phenoxy) is 1. The van der Waals surface area contributed by atoms with E-state index in [-0.39, 0.29) is 0 Å². The molecule has 0 saturated carbocycles. The van der Waals surface area contributed by atoms with Gasteiger partial charge in [0.25, 0.3) is 0 Å². The van der Waals surface area contributed by atoms with E-state index in [4.69, 9.17) is 9.73 Å². The van der Waals surface area contributed by atoms with Crippen LogP contribution in [-0.2, 0) is 0 Å². The molecule has 2 aliphatic rings. The van der Waals surface area contributed by atoms with Crippen molar-refractivity contribution in [3.05, 3.63) is 48.5 Å². The number of amidine groups is 1. The van der Waals surface area contributed by atoms with E-state index in [1.165, 1.54) is 12.8 Å². The standard InChI is InChI=1S/C17H16N2O/c1-3-9-15-13(7-1)19(17-11-5-6-12-18-17)14-8-2-4-10-16(14)20-15/h1-4,7-10H,5-6,11-12H2. The Hall–Kier alpha value is -2.29. The Morgan fingerprint density at radius 2 is 1.50 bits per heavy atom. The highest BCUT2D eigenvalue weighted by Crippen LogP contribution is 2.46. The minimum Gasteiger partial charge on any atom is -0.453 e. The average Bonchev–Trinajstić information content (AvgIpc) is 2.53.